The van der Waals surface area contributed by atoms with E-state index >= 15 is 0 Å². The van der Waals surface area contributed by atoms with Crippen molar-refractivity contribution in [1.82, 2.24) is 4.98 Å². The molecule has 64 valence electrons. The van der Waals surface area contributed by atoms with Gasteiger partial charge in [-0.2, -0.15) is 0 Å². The molecule has 2 nitrogen and oxygen atoms in total. The maximum absolute atomic E-state index is 5.21. The molecule has 0 fully saturated rings. The molecule has 0 saturated heterocycles. The van der Waals surface area contributed by atoms with E-state index in [1.54, 1.807) is 18.5 Å². The molecule has 0 amide bonds. The number of rotatable bonds is 2. The van der Waals surface area contributed by atoms with Crippen LogP contribution in [0, 0.1) is 0 Å². The summed E-state index contributed by atoms with van der Waals surface area (Å²) >= 11 is 0. The van der Waals surface area contributed by atoms with Gasteiger partial charge in [-0.15, -0.1) is 0 Å². The van der Waals surface area contributed by atoms with Crippen molar-refractivity contribution in [2.24, 2.45) is 0 Å². The predicted octanol–water partition coefficient (Wildman–Crippen LogP) is 2.98. The van der Waals surface area contributed by atoms with Gasteiger partial charge in [0.25, 0.3) is 0 Å². The predicted molar refractivity (Wildman–Crippen MR) is 52.0 cm³/mol. The van der Waals surface area contributed by atoms with Crippen molar-refractivity contribution in [2.75, 3.05) is 0 Å². The van der Waals surface area contributed by atoms with E-state index < -0.39 is 0 Å². The molecule has 0 atom stereocenters. The lowest BCUT2D eigenvalue weighted by molar-refractivity contribution is 0.558. The van der Waals surface area contributed by atoms with E-state index in [0.717, 1.165) is 17.0 Å². The van der Waals surface area contributed by atoms with Crippen LogP contribution in [0.25, 0.3) is 17.3 Å². The molecule has 2 aromatic heterocycles. The lowest BCUT2D eigenvalue weighted by Gasteiger charge is -1.96. The van der Waals surface area contributed by atoms with Gasteiger partial charge in [0.1, 0.15) is 5.76 Å². The quantitative estimate of drug-likeness (QED) is 0.694. The van der Waals surface area contributed by atoms with Gasteiger partial charge in [0.05, 0.1) is 12.0 Å². The Morgan fingerprint density at radius 2 is 2.23 bits per heavy atom. The van der Waals surface area contributed by atoms with E-state index in [1.807, 2.05) is 24.3 Å². The summed E-state index contributed by atoms with van der Waals surface area (Å²) in [6, 6.07) is 7.66. The summed E-state index contributed by atoms with van der Waals surface area (Å²) in [5.74, 6) is 0.763. The van der Waals surface area contributed by atoms with E-state index in [9.17, 15) is 0 Å². The van der Waals surface area contributed by atoms with Crippen molar-refractivity contribution in [1.29, 1.82) is 0 Å². The number of hydrogen-bond acceptors (Lipinski definition) is 2. The lowest BCUT2D eigenvalue weighted by atomic mass is 10.1. The summed E-state index contributed by atoms with van der Waals surface area (Å²) < 4.78 is 5.21. The van der Waals surface area contributed by atoms with Crippen LogP contribution in [0.15, 0.2) is 47.7 Å². The van der Waals surface area contributed by atoms with Crippen LogP contribution >= 0.6 is 0 Å². The lowest BCUT2D eigenvalue weighted by Crippen LogP contribution is -1.80. The molecule has 2 rings (SSSR count). The molecule has 0 aromatic carbocycles. The molecular formula is C11H9NO. The highest BCUT2D eigenvalue weighted by molar-refractivity contribution is 5.68. The average Bonchev–Trinajstić information content (AvgIpc) is 2.67. The van der Waals surface area contributed by atoms with Crippen LogP contribution in [0.1, 0.15) is 5.76 Å². The number of nitrogens with zero attached hydrogens (tertiary/aromatic N) is 1. The molecule has 0 radical (unpaired) electrons. The Balaban J connectivity index is 2.52. The minimum Gasteiger partial charge on any atom is -0.464 e. The summed E-state index contributed by atoms with van der Waals surface area (Å²) in [5, 5.41) is 0. The third-order valence-electron chi connectivity index (χ3n) is 1.82. The Kier molecular flexibility index (Phi) is 1.96. The zero-order valence-electron chi connectivity index (χ0n) is 7.10. The molecule has 0 N–H and O–H groups in total. The molecule has 0 aliphatic carbocycles. The van der Waals surface area contributed by atoms with Gasteiger partial charge in [0, 0.05) is 11.8 Å². The summed E-state index contributed by atoms with van der Waals surface area (Å²) in [6.45, 7) is 3.67. The number of aromatic nitrogens is 1. The Hall–Kier alpha value is -1.83. The van der Waals surface area contributed by atoms with Gasteiger partial charge >= 0.3 is 0 Å². The number of hydrogen-bond donors (Lipinski definition) is 0. The highest BCUT2D eigenvalue weighted by atomic mass is 16.3. The second-order valence-corrected chi connectivity index (χ2v) is 2.62. The molecular weight excluding hydrogens is 162 g/mol. The minimum absolute atomic E-state index is 0.763. The van der Waals surface area contributed by atoms with Gasteiger partial charge in [-0.1, -0.05) is 12.6 Å². The molecule has 0 aliphatic rings. The summed E-state index contributed by atoms with van der Waals surface area (Å²) in [4.78, 5) is 4.22. The molecule has 2 heterocycles. The number of pyridine rings is 1. The number of furan rings is 1. The van der Waals surface area contributed by atoms with E-state index in [0.29, 0.717) is 0 Å². The molecule has 0 bridgehead atoms. The molecule has 2 aromatic rings. The Morgan fingerprint density at radius 3 is 2.92 bits per heavy atom. The molecule has 0 aliphatic heterocycles. The SMILES string of the molecule is C=Cc1occc1-c1ccccn1. The summed E-state index contributed by atoms with van der Waals surface area (Å²) in [7, 11) is 0. The monoisotopic (exact) mass is 171 g/mol. The van der Waals surface area contributed by atoms with Gasteiger partial charge in [-0.25, -0.2) is 0 Å². The zero-order valence-corrected chi connectivity index (χ0v) is 7.10. The third-order valence-corrected chi connectivity index (χ3v) is 1.82. The van der Waals surface area contributed by atoms with Crippen LogP contribution in [-0.4, -0.2) is 4.98 Å². The van der Waals surface area contributed by atoms with Gasteiger partial charge in [0.15, 0.2) is 0 Å². The average molecular weight is 171 g/mol. The van der Waals surface area contributed by atoms with Crippen molar-refractivity contribution >= 4 is 6.08 Å². The summed E-state index contributed by atoms with van der Waals surface area (Å²) in [5.41, 5.74) is 1.89. The smallest absolute Gasteiger partial charge is 0.135 e. The second-order valence-electron chi connectivity index (χ2n) is 2.62. The van der Waals surface area contributed by atoms with Crippen molar-refractivity contribution in [3.05, 3.63) is 49.1 Å². The van der Waals surface area contributed by atoms with E-state index in [1.165, 1.54) is 0 Å². The van der Waals surface area contributed by atoms with Crippen molar-refractivity contribution in [3.63, 3.8) is 0 Å². The fourth-order valence-corrected chi connectivity index (χ4v) is 1.21. The zero-order chi connectivity index (χ0) is 9.10. The molecule has 2 heteroatoms. The Morgan fingerprint density at radius 1 is 1.31 bits per heavy atom. The first-order chi connectivity index (χ1) is 6.42. The van der Waals surface area contributed by atoms with E-state index in [4.69, 9.17) is 4.42 Å². The van der Waals surface area contributed by atoms with Crippen LogP contribution < -0.4 is 0 Å². The van der Waals surface area contributed by atoms with Gasteiger partial charge in [-0.05, 0) is 24.3 Å². The first kappa shape index (κ1) is 7.80. The minimum atomic E-state index is 0.763. The first-order valence-electron chi connectivity index (χ1n) is 4.03. The van der Waals surface area contributed by atoms with Gasteiger partial charge in [0.2, 0.25) is 0 Å². The fraction of sp³-hybridized carbons (Fsp3) is 0. The topological polar surface area (TPSA) is 26.0 Å². The second kappa shape index (κ2) is 3.27. The maximum atomic E-state index is 5.21. The molecule has 0 unspecified atom stereocenters. The first-order valence-corrected chi connectivity index (χ1v) is 4.03. The van der Waals surface area contributed by atoms with Gasteiger partial charge < -0.3 is 4.42 Å². The standard InChI is InChI=1S/C11H9NO/c1-2-11-9(6-8-13-11)10-5-3-4-7-12-10/h2-8H,1H2. The fourth-order valence-electron chi connectivity index (χ4n) is 1.21. The summed E-state index contributed by atoms with van der Waals surface area (Å²) in [6.07, 6.45) is 5.08. The molecule has 13 heavy (non-hydrogen) atoms. The van der Waals surface area contributed by atoms with Crippen molar-refractivity contribution in [3.8, 4) is 11.3 Å². The maximum Gasteiger partial charge on any atom is 0.135 e. The van der Waals surface area contributed by atoms with Crippen LogP contribution in [0.5, 0.6) is 0 Å². The van der Waals surface area contributed by atoms with Crippen molar-refractivity contribution in [2.45, 2.75) is 0 Å². The van der Waals surface area contributed by atoms with Crippen molar-refractivity contribution < 1.29 is 4.42 Å². The third kappa shape index (κ3) is 1.38. The highest BCUT2D eigenvalue weighted by Gasteiger charge is 2.05. The molecule has 0 saturated carbocycles. The Labute approximate surface area is 76.5 Å². The Bertz CT molecular complexity index is 403. The highest BCUT2D eigenvalue weighted by Crippen LogP contribution is 2.22. The van der Waals surface area contributed by atoms with Crippen LogP contribution in [0.4, 0.5) is 0 Å². The molecule has 0 spiro atoms. The van der Waals surface area contributed by atoms with Crippen LogP contribution in [-0.2, 0) is 0 Å². The van der Waals surface area contributed by atoms with Crippen LogP contribution in [0.2, 0.25) is 0 Å². The van der Waals surface area contributed by atoms with Gasteiger partial charge in [-0.3, -0.25) is 4.98 Å². The van der Waals surface area contributed by atoms with Crippen LogP contribution in [0.3, 0.4) is 0 Å². The van der Waals surface area contributed by atoms with E-state index in [-0.39, 0.29) is 0 Å². The normalized spacial score (nSPS) is 9.85. The van der Waals surface area contributed by atoms with E-state index in [2.05, 4.69) is 11.6 Å². The largest absolute Gasteiger partial charge is 0.464 e.